The van der Waals surface area contributed by atoms with Crippen LogP contribution in [0.1, 0.15) is 51.0 Å². The van der Waals surface area contributed by atoms with Gasteiger partial charge in [0.05, 0.1) is 13.0 Å². The van der Waals surface area contributed by atoms with Gasteiger partial charge in [0.15, 0.2) is 0 Å². The van der Waals surface area contributed by atoms with Crippen LogP contribution in [-0.4, -0.2) is 30.5 Å². The van der Waals surface area contributed by atoms with E-state index < -0.39 is 0 Å². The highest BCUT2D eigenvalue weighted by Crippen LogP contribution is 2.22. The van der Waals surface area contributed by atoms with E-state index in [0.717, 1.165) is 24.2 Å². The van der Waals surface area contributed by atoms with Gasteiger partial charge in [-0.25, -0.2) is 0 Å². The molecule has 2 rings (SSSR count). The highest BCUT2D eigenvalue weighted by atomic mass is 16.5. The predicted molar refractivity (Wildman–Crippen MR) is 85.6 cm³/mol. The summed E-state index contributed by atoms with van der Waals surface area (Å²) >= 11 is 0. The fourth-order valence-electron chi connectivity index (χ4n) is 3.02. The molecule has 1 aromatic carbocycles. The van der Waals surface area contributed by atoms with Gasteiger partial charge in [-0.15, -0.1) is 0 Å². The van der Waals surface area contributed by atoms with Crippen LogP contribution in [-0.2, 0) is 11.2 Å². The Balaban J connectivity index is 1.90. The van der Waals surface area contributed by atoms with Crippen molar-refractivity contribution in [1.29, 1.82) is 0 Å². The molecule has 0 radical (unpaired) electrons. The first-order chi connectivity index (χ1) is 10.2. The van der Waals surface area contributed by atoms with Gasteiger partial charge in [-0.1, -0.05) is 37.8 Å². The number of carbonyl (C=O) groups excluding carboxylic acids is 1. The molecule has 1 aliphatic rings. The molecule has 0 saturated heterocycles. The van der Waals surface area contributed by atoms with Crippen LogP contribution in [0.25, 0.3) is 0 Å². The van der Waals surface area contributed by atoms with E-state index in [1.165, 1.54) is 25.7 Å². The summed E-state index contributed by atoms with van der Waals surface area (Å²) < 4.78 is 5.43. The summed E-state index contributed by atoms with van der Waals surface area (Å²) in [7, 11) is 1.97. The molecule has 1 aliphatic carbocycles. The number of nitrogens with zero attached hydrogens (tertiary/aromatic N) is 1. The van der Waals surface area contributed by atoms with Crippen molar-refractivity contribution in [2.24, 2.45) is 0 Å². The van der Waals surface area contributed by atoms with Crippen LogP contribution >= 0.6 is 0 Å². The molecule has 1 amide bonds. The monoisotopic (exact) mass is 289 g/mol. The molecule has 0 aliphatic heterocycles. The SMILES string of the molecule is CCOc1ccc(CC(=O)N(C)C2CCCCCC2)cc1. The molecule has 0 spiro atoms. The van der Waals surface area contributed by atoms with Crippen LogP contribution in [0.15, 0.2) is 24.3 Å². The molecule has 1 aromatic rings. The van der Waals surface area contributed by atoms with Crippen LogP contribution in [0, 0.1) is 0 Å². The second-order valence-corrected chi connectivity index (χ2v) is 5.90. The summed E-state index contributed by atoms with van der Waals surface area (Å²) in [6, 6.07) is 8.30. The zero-order chi connectivity index (χ0) is 15.1. The van der Waals surface area contributed by atoms with Gasteiger partial charge in [-0.3, -0.25) is 4.79 Å². The number of hydrogen-bond donors (Lipinski definition) is 0. The number of rotatable bonds is 5. The molecular weight excluding hydrogens is 262 g/mol. The minimum Gasteiger partial charge on any atom is -0.494 e. The largest absolute Gasteiger partial charge is 0.494 e. The first-order valence-corrected chi connectivity index (χ1v) is 8.18. The van der Waals surface area contributed by atoms with Crippen molar-refractivity contribution < 1.29 is 9.53 Å². The van der Waals surface area contributed by atoms with Crippen LogP contribution in [0.5, 0.6) is 5.75 Å². The Hall–Kier alpha value is -1.51. The number of carbonyl (C=O) groups is 1. The average Bonchev–Trinajstić information content (AvgIpc) is 2.78. The molecule has 3 nitrogen and oxygen atoms in total. The van der Waals surface area contributed by atoms with Gasteiger partial charge in [0.25, 0.3) is 0 Å². The normalized spacial score (nSPS) is 16.3. The topological polar surface area (TPSA) is 29.5 Å². The van der Waals surface area contributed by atoms with E-state index in [0.29, 0.717) is 19.1 Å². The van der Waals surface area contributed by atoms with E-state index in [1.807, 2.05) is 43.1 Å². The van der Waals surface area contributed by atoms with Crippen molar-refractivity contribution in [3.8, 4) is 5.75 Å². The van der Waals surface area contributed by atoms with E-state index in [1.54, 1.807) is 0 Å². The fourth-order valence-corrected chi connectivity index (χ4v) is 3.02. The maximum atomic E-state index is 12.4. The maximum absolute atomic E-state index is 12.4. The van der Waals surface area contributed by atoms with E-state index in [-0.39, 0.29) is 5.91 Å². The molecule has 116 valence electrons. The van der Waals surface area contributed by atoms with Gasteiger partial charge >= 0.3 is 0 Å². The van der Waals surface area contributed by atoms with Gasteiger partial charge in [0.1, 0.15) is 5.75 Å². The molecule has 3 heteroatoms. The Labute approximate surface area is 128 Å². The Kier molecular flexibility index (Phi) is 6.09. The molecule has 21 heavy (non-hydrogen) atoms. The number of ether oxygens (including phenoxy) is 1. The third-order valence-corrected chi connectivity index (χ3v) is 4.36. The zero-order valence-electron chi connectivity index (χ0n) is 13.3. The second kappa shape index (κ2) is 8.06. The quantitative estimate of drug-likeness (QED) is 0.771. The molecule has 1 fully saturated rings. The third kappa shape index (κ3) is 4.76. The summed E-state index contributed by atoms with van der Waals surface area (Å²) in [5.74, 6) is 1.09. The van der Waals surface area contributed by atoms with Gasteiger partial charge in [-0.05, 0) is 37.5 Å². The number of benzene rings is 1. The maximum Gasteiger partial charge on any atom is 0.226 e. The molecule has 0 aromatic heterocycles. The average molecular weight is 289 g/mol. The summed E-state index contributed by atoms with van der Waals surface area (Å²) in [5.41, 5.74) is 1.06. The standard InChI is InChI=1S/C18H27NO2/c1-3-21-17-12-10-15(11-13-17)14-18(20)19(2)16-8-6-4-5-7-9-16/h10-13,16H,3-9,14H2,1-2H3. The molecular formula is C18H27NO2. The van der Waals surface area contributed by atoms with Gasteiger partial charge in [0, 0.05) is 13.1 Å². The van der Waals surface area contributed by atoms with Crippen molar-refractivity contribution in [1.82, 2.24) is 4.90 Å². The third-order valence-electron chi connectivity index (χ3n) is 4.36. The number of hydrogen-bond acceptors (Lipinski definition) is 2. The summed E-state index contributed by atoms with van der Waals surface area (Å²) in [5, 5.41) is 0. The van der Waals surface area contributed by atoms with Gasteiger partial charge in [-0.2, -0.15) is 0 Å². The van der Waals surface area contributed by atoms with Crippen molar-refractivity contribution in [2.75, 3.05) is 13.7 Å². The first-order valence-electron chi connectivity index (χ1n) is 8.18. The number of likely N-dealkylation sites (N-methyl/N-ethyl adjacent to an activating group) is 1. The number of amides is 1. The molecule has 1 saturated carbocycles. The molecule has 0 N–H and O–H groups in total. The second-order valence-electron chi connectivity index (χ2n) is 5.90. The van der Waals surface area contributed by atoms with Crippen molar-refractivity contribution in [3.63, 3.8) is 0 Å². The van der Waals surface area contributed by atoms with Crippen molar-refractivity contribution in [2.45, 2.75) is 57.9 Å². The Morgan fingerprint density at radius 3 is 2.33 bits per heavy atom. The minimum absolute atomic E-state index is 0.228. The van der Waals surface area contributed by atoms with Crippen LogP contribution in [0.2, 0.25) is 0 Å². The smallest absolute Gasteiger partial charge is 0.226 e. The summed E-state index contributed by atoms with van der Waals surface area (Å²) in [6.07, 6.45) is 7.95. The van der Waals surface area contributed by atoms with Gasteiger partial charge < -0.3 is 9.64 Å². The van der Waals surface area contributed by atoms with Crippen LogP contribution < -0.4 is 4.74 Å². The van der Waals surface area contributed by atoms with E-state index >= 15 is 0 Å². The van der Waals surface area contributed by atoms with Crippen molar-refractivity contribution >= 4 is 5.91 Å². The highest BCUT2D eigenvalue weighted by molar-refractivity contribution is 5.78. The lowest BCUT2D eigenvalue weighted by molar-refractivity contribution is -0.131. The molecule has 0 unspecified atom stereocenters. The Morgan fingerprint density at radius 2 is 1.76 bits per heavy atom. The fraction of sp³-hybridized carbons (Fsp3) is 0.611. The molecule has 0 atom stereocenters. The summed E-state index contributed by atoms with van der Waals surface area (Å²) in [4.78, 5) is 14.4. The van der Waals surface area contributed by atoms with Crippen LogP contribution in [0.3, 0.4) is 0 Å². The zero-order valence-corrected chi connectivity index (χ0v) is 13.3. The predicted octanol–water partition coefficient (Wildman–Crippen LogP) is 3.81. The van der Waals surface area contributed by atoms with Crippen molar-refractivity contribution in [3.05, 3.63) is 29.8 Å². The minimum atomic E-state index is 0.228. The Morgan fingerprint density at radius 1 is 1.14 bits per heavy atom. The molecule has 0 heterocycles. The van der Waals surface area contributed by atoms with E-state index in [2.05, 4.69) is 0 Å². The van der Waals surface area contributed by atoms with Crippen LogP contribution in [0.4, 0.5) is 0 Å². The van der Waals surface area contributed by atoms with E-state index in [4.69, 9.17) is 4.74 Å². The lowest BCUT2D eigenvalue weighted by atomic mass is 10.1. The lowest BCUT2D eigenvalue weighted by Gasteiger charge is -2.27. The Bertz CT molecular complexity index is 433. The lowest BCUT2D eigenvalue weighted by Crippen LogP contribution is -2.37. The molecule has 0 bridgehead atoms. The van der Waals surface area contributed by atoms with Gasteiger partial charge in [0.2, 0.25) is 5.91 Å². The van der Waals surface area contributed by atoms with E-state index in [9.17, 15) is 4.79 Å². The highest BCUT2D eigenvalue weighted by Gasteiger charge is 2.21. The summed E-state index contributed by atoms with van der Waals surface area (Å²) in [6.45, 7) is 2.64. The first kappa shape index (κ1) is 15.9.